The molecule has 3 heterocycles. The van der Waals surface area contributed by atoms with E-state index in [0.29, 0.717) is 40.0 Å². The van der Waals surface area contributed by atoms with Crippen molar-refractivity contribution < 1.29 is 13.2 Å². The lowest BCUT2D eigenvalue weighted by atomic mass is 10.1. The Hall–Kier alpha value is -3.01. The number of carbonyl (C=O) groups excluding carboxylic acids is 1. The first-order valence-corrected chi connectivity index (χ1v) is 11.0. The van der Waals surface area contributed by atoms with Crippen LogP contribution in [0, 0.1) is 13.8 Å². The van der Waals surface area contributed by atoms with Crippen molar-refractivity contribution in [3.05, 3.63) is 51.8 Å². The maximum absolute atomic E-state index is 12.8. The lowest BCUT2D eigenvalue weighted by Crippen LogP contribution is -2.18. The van der Waals surface area contributed by atoms with Crippen molar-refractivity contribution in [1.82, 2.24) is 19.3 Å². The van der Waals surface area contributed by atoms with Gasteiger partial charge in [0.15, 0.2) is 9.84 Å². The molecule has 4 rings (SSSR count). The topological polar surface area (TPSA) is 116 Å². The smallest absolute Gasteiger partial charge is 0.260 e. The number of aryl methyl sites for hydroxylation is 2. The number of nitrogens with one attached hydrogen (secondary N) is 1. The van der Waals surface area contributed by atoms with E-state index in [2.05, 4.69) is 15.4 Å². The van der Waals surface area contributed by atoms with Gasteiger partial charge < -0.3 is 9.88 Å². The third kappa shape index (κ3) is 3.44. The van der Waals surface area contributed by atoms with Crippen LogP contribution in [0.1, 0.15) is 34.2 Å². The van der Waals surface area contributed by atoms with E-state index in [1.165, 1.54) is 10.9 Å². The second-order valence-corrected chi connectivity index (χ2v) is 9.62. The van der Waals surface area contributed by atoms with Crippen molar-refractivity contribution >= 4 is 32.3 Å². The molecule has 0 aliphatic carbocycles. The van der Waals surface area contributed by atoms with Crippen LogP contribution in [0.3, 0.4) is 0 Å². The molecule has 0 saturated carbocycles. The average molecular weight is 415 g/mol. The monoisotopic (exact) mass is 415 g/mol. The van der Waals surface area contributed by atoms with Crippen LogP contribution in [0.15, 0.2) is 29.3 Å². The number of aromatic nitrogens is 4. The summed E-state index contributed by atoms with van der Waals surface area (Å²) in [6.07, 6.45) is 1.93. The predicted octanol–water partition coefficient (Wildman–Crippen LogP) is 1.36. The van der Waals surface area contributed by atoms with Gasteiger partial charge in [-0.05, 0) is 38.5 Å². The van der Waals surface area contributed by atoms with Crippen LogP contribution >= 0.6 is 0 Å². The van der Waals surface area contributed by atoms with E-state index in [1.54, 1.807) is 36.9 Å². The molecule has 2 aromatic heterocycles. The fraction of sp³-hybridized carbons (Fsp3) is 0.368. The Balaban J connectivity index is 1.63. The fourth-order valence-electron chi connectivity index (χ4n) is 3.71. The Kier molecular flexibility index (Phi) is 4.53. The number of carbonyl (C=O) groups is 1. The molecule has 9 nitrogen and oxygen atoms in total. The molecular weight excluding hydrogens is 394 g/mol. The van der Waals surface area contributed by atoms with Gasteiger partial charge in [0.2, 0.25) is 0 Å². The lowest BCUT2D eigenvalue weighted by Gasteiger charge is -2.12. The first-order valence-electron chi connectivity index (χ1n) is 9.19. The highest BCUT2D eigenvalue weighted by Crippen LogP contribution is 2.29. The predicted molar refractivity (Wildman–Crippen MR) is 109 cm³/mol. The normalized spacial score (nSPS) is 18.2. The van der Waals surface area contributed by atoms with Crippen LogP contribution in [0.25, 0.3) is 10.9 Å². The largest absolute Gasteiger partial charge is 0.319 e. The van der Waals surface area contributed by atoms with Crippen LogP contribution in [0.2, 0.25) is 0 Å². The molecule has 1 saturated heterocycles. The van der Waals surface area contributed by atoms with E-state index in [0.717, 1.165) is 0 Å². The summed E-state index contributed by atoms with van der Waals surface area (Å²) in [5, 5.41) is 7.76. The quantitative estimate of drug-likeness (QED) is 0.690. The molecule has 1 N–H and O–H groups in total. The van der Waals surface area contributed by atoms with Crippen LogP contribution < -0.4 is 10.9 Å². The SMILES string of the molecule is Cc1nn(C2CCS(=O)(=O)C2)c(C)c1NC(=O)c1ccc2c(=O)n(C)cnc2c1. The van der Waals surface area contributed by atoms with E-state index in [4.69, 9.17) is 0 Å². The van der Waals surface area contributed by atoms with Gasteiger partial charge in [0, 0.05) is 12.6 Å². The second kappa shape index (κ2) is 6.80. The summed E-state index contributed by atoms with van der Waals surface area (Å²) < 4.78 is 26.7. The average Bonchev–Trinajstić information content (AvgIpc) is 3.17. The summed E-state index contributed by atoms with van der Waals surface area (Å²) in [5.41, 5.74) is 2.53. The van der Waals surface area contributed by atoms with Crippen molar-refractivity contribution in [3.63, 3.8) is 0 Å². The number of hydrogen-bond donors (Lipinski definition) is 1. The number of benzene rings is 1. The van der Waals surface area contributed by atoms with Crippen LogP contribution in [-0.2, 0) is 16.9 Å². The number of fused-ring (bicyclic) bond motifs is 1. The number of sulfone groups is 1. The van der Waals surface area contributed by atoms with Gasteiger partial charge in [-0.3, -0.25) is 14.3 Å². The summed E-state index contributed by atoms with van der Waals surface area (Å²) in [6.45, 7) is 3.58. The Bertz CT molecular complexity index is 1310. The summed E-state index contributed by atoms with van der Waals surface area (Å²) in [5.74, 6) is -0.131. The standard InChI is InChI=1S/C19H21N5O4S/c1-11-17(12(2)24(22-11)14-6-7-29(27,28)9-14)21-18(25)13-4-5-15-16(8-13)20-10-23(3)19(15)26/h4-5,8,10,14H,6-7,9H2,1-3H3,(H,21,25). The Morgan fingerprint density at radius 3 is 2.72 bits per heavy atom. The molecule has 10 heteroatoms. The van der Waals surface area contributed by atoms with Gasteiger partial charge >= 0.3 is 0 Å². The van der Waals surface area contributed by atoms with E-state index < -0.39 is 9.84 Å². The number of hydrogen-bond acceptors (Lipinski definition) is 6. The molecule has 1 aliphatic heterocycles. The minimum absolute atomic E-state index is 0.0631. The first kappa shape index (κ1) is 19.3. The molecule has 1 amide bonds. The van der Waals surface area contributed by atoms with Gasteiger partial charge in [0.1, 0.15) is 0 Å². The van der Waals surface area contributed by atoms with Gasteiger partial charge in [0.25, 0.3) is 11.5 Å². The molecule has 0 radical (unpaired) electrons. The third-order valence-electron chi connectivity index (χ3n) is 5.30. The number of nitrogens with zero attached hydrogens (tertiary/aromatic N) is 4. The molecular formula is C19H21N5O4S. The van der Waals surface area contributed by atoms with Crippen molar-refractivity contribution in [3.8, 4) is 0 Å². The minimum atomic E-state index is -3.04. The molecule has 1 atom stereocenters. The summed E-state index contributed by atoms with van der Waals surface area (Å²) in [7, 11) is -1.42. The molecule has 1 aromatic carbocycles. The molecule has 1 aliphatic rings. The summed E-state index contributed by atoms with van der Waals surface area (Å²) in [6, 6.07) is 4.53. The van der Waals surface area contributed by atoms with Gasteiger partial charge in [-0.2, -0.15) is 5.10 Å². The highest BCUT2D eigenvalue weighted by atomic mass is 32.2. The highest BCUT2D eigenvalue weighted by Gasteiger charge is 2.31. The maximum atomic E-state index is 12.8. The van der Waals surface area contributed by atoms with E-state index in [1.807, 2.05) is 6.92 Å². The maximum Gasteiger partial charge on any atom is 0.260 e. The first-order chi connectivity index (χ1) is 13.7. The van der Waals surface area contributed by atoms with Crippen LogP contribution in [0.5, 0.6) is 0 Å². The summed E-state index contributed by atoms with van der Waals surface area (Å²) >= 11 is 0. The van der Waals surface area contributed by atoms with Crippen LogP contribution in [0.4, 0.5) is 5.69 Å². The van der Waals surface area contributed by atoms with Crippen molar-refractivity contribution in [2.45, 2.75) is 26.3 Å². The van der Waals surface area contributed by atoms with Crippen molar-refractivity contribution in [1.29, 1.82) is 0 Å². The second-order valence-electron chi connectivity index (χ2n) is 7.39. The molecule has 152 valence electrons. The minimum Gasteiger partial charge on any atom is -0.319 e. The van der Waals surface area contributed by atoms with Gasteiger partial charge in [-0.25, -0.2) is 13.4 Å². The zero-order chi connectivity index (χ0) is 20.9. The number of amides is 1. The van der Waals surface area contributed by atoms with E-state index in [9.17, 15) is 18.0 Å². The highest BCUT2D eigenvalue weighted by molar-refractivity contribution is 7.91. The van der Waals surface area contributed by atoms with Crippen molar-refractivity contribution in [2.24, 2.45) is 7.05 Å². The molecule has 1 unspecified atom stereocenters. The van der Waals surface area contributed by atoms with E-state index in [-0.39, 0.29) is 29.0 Å². The lowest BCUT2D eigenvalue weighted by molar-refractivity contribution is 0.102. The van der Waals surface area contributed by atoms with E-state index >= 15 is 0 Å². The summed E-state index contributed by atoms with van der Waals surface area (Å²) in [4.78, 5) is 29.1. The van der Waals surface area contributed by atoms with Crippen molar-refractivity contribution in [2.75, 3.05) is 16.8 Å². The van der Waals surface area contributed by atoms with Crippen LogP contribution in [-0.4, -0.2) is 45.2 Å². The number of rotatable bonds is 3. The zero-order valence-corrected chi connectivity index (χ0v) is 17.2. The molecule has 0 spiro atoms. The Morgan fingerprint density at radius 2 is 2.03 bits per heavy atom. The zero-order valence-electron chi connectivity index (χ0n) is 16.3. The van der Waals surface area contributed by atoms with Gasteiger partial charge in [-0.15, -0.1) is 0 Å². The molecule has 3 aromatic rings. The fourth-order valence-corrected chi connectivity index (χ4v) is 5.40. The number of anilines is 1. The van der Waals surface area contributed by atoms with Gasteiger partial charge in [0.05, 0.1) is 51.9 Å². The Morgan fingerprint density at radius 1 is 1.28 bits per heavy atom. The molecule has 0 bridgehead atoms. The molecule has 1 fully saturated rings. The van der Waals surface area contributed by atoms with Gasteiger partial charge in [-0.1, -0.05) is 0 Å². The Labute approximate surface area is 167 Å². The third-order valence-corrected chi connectivity index (χ3v) is 7.05. The molecule has 29 heavy (non-hydrogen) atoms.